The number of carboxylic acids is 1. The van der Waals surface area contributed by atoms with Crippen LogP contribution in [0, 0.1) is 0 Å². The van der Waals surface area contributed by atoms with Crippen LogP contribution in [-0.4, -0.2) is 35.1 Å². The van der Waals surface area contributed by atoms with Crippen LogP contribution in [0.15, 0.2) is 24.3 Å². The number of H-pyrrole nitrogens is 1. The van der Waals surface area contributed by atoms with Gasteiger partial charge in [-0.05, 0) is 37.9 Å². The predicted molar refractivity (Wildman–Crippen MR) is 62.6 cm³/mol. The summed E-state index contributed by atoms with van der Waals surface area (Å²) in [4.78, 5) is 15.7. The van der Waals surface area contributed by atoms with E-state index in [1.807, 2.05) is 32.3 Å². The van der Waals surface area contributed by atoms with E-state index in [1.54, 1.807) is 6.07 Å². The highest BCUT2D eigenvalue weighted by Crippen LogP contribution is 2.17. The number of carboxylic acid groups (broad SMARTS) is 1. The topological polar surface area (TPSA) is 56.3 Å². The number of benzene rings is 1. The number of carbonyl (C=O) groups is 1. The summed E-state index contributed by atoms with van der Waals surface area (Å²) in [6.45, 7) is 0.851. The monoisotopic (exact) mass is 218 g/mol. The van der Waals surface area contributed by atoms with E-state index in [0.29, 0.717) is 0 Å². The van der Waals surface area contributed by atoms with Crippen molar-refractivity contribution in [1.29, 1.82) is 0 Å². The summed E-state index contributed by atoms with van der Waals surface area (Å²) in [6.07, 6.45) is 0. The van der Waals surface area contributed by atoms with E-state index >= 15 is 0 Å². The van der Waals surface area contributed by atoms with Gasteiger partial charge in [-0.2, -0.15) is 0 Å². The maximum atomic E-state index is 10.8. The zero-order chi connectivity index (χ0) is 11.7. The lowest BCUT2D eigenvalue weighted by Gasteiger charge is -2.09. The number of fused-ring (bicyclic) bond motifs is 1. The Morgan fingerprint density at radius 3 is 2.75 bits per heavy atom. The van der Waals surface area contributed by atoms with E-state index in [-0.39, 0.29) is 5.69 Å². The maximum absolute atomic E-state index is 10.8. The van der Waals surface area contributed by atoms with Crippen molar-refractivity contribution in [1.82, 2.24) is 9.88 Å². The van der Waals surface area contributed by atoms with Crippen molar-refractivity contribution in [3.8, 4) is 0 Å². The first kappa shape index (κ1) is 10.7. The molecule has 1 heterocycles. The van der Waals surface area contributed by atoms with Crippen LogP contribution in [0.2, 0.25) is 0 Å². The van der Waals surface area contributed by atoms with E-state index in [0.717, 1.165) is 17.4 Å². The summed E-state index contributed by atoms with van der Waals surface area (Å²) < 4.78 is 0. The molecule has 0 spiro atoms. The van der Waals surface area contributed by atoms with E-state index in [2.05, 4.69) is 9.88 Å². The average Bonchev–Trinajstić information content (AvgIpc) is 2.59. The number of aromatic amines is 1. The summed E-state index contributed by atoms with van der Waals surface area (Å²) in [7, 11) is 4.01. The molecule has 0 unspecified atom stereocenters. The fraction of sp³-hybridized carbons (Fsp3) is 0.250. The molecule has 2 aromatic rings. The van der Waals surface area contributed by atoms with Crippen LogP contribution in [0.4, 0.5) is 0 Å². The van der Waals surface area contributed by atoms with Crippen LogP contribution in [0.5, 0.6) is 0 Å². The predicted octanol–water partition coefficient (Wildman–Crippen LogP) is 1.93. The zero-order valence-electron chi connectivity index (χ0n) is 9.32. The Balaban J connectivity index is 2.41. The molecule has 0 saturated carbocycles. The second-order valence-corrected chi connectivity index (χ2v) is 4.15. The van der Waals surface area contributed by atoms with Crippen LogP contribution < -0.4 is 0 Å². The number of aromatic carboxylic acids is 1. The molecule has 1 aromatic heterocycles. The number of rotatable bonds is 3. The van der Waals surface area contributed by atoms with Crippen molar-refractivity contribution in [2.45, 2.75) is 6.54 Å². The minimum atomic E-state index is -0.926. The van der Waals surface area contributed by atoms with E-state index in [4.69, 9.17) is 5.11 Å². The standard InChI is InChI=1S/C12H14N2O2/c1-14(2)7-8-3-4-10-9(5-8)6-11(13-10)12(15)16/h3-6,13H,7H2,1-2H3,(H,15,16). The minimum absolute atomic E-state index is 0.233. The third-order valence-electron chi connectivity index (χ3n) is 2.41. The molecule has 0 saturated heterocycles. The van der Waals surface area contributed by atoms with Crippen molar-refractivity contribution < 1.29 is 9.90 Å². The van der Waals surface area contributed by atoms with E-state index in [9.17, 15) is 4.79 Å². The quantitative estimate of drug-likeness (QED) is 0.827. The normalized spacial score (nSPS) is 11.2. The van der Waals surface area contributed by atoms with Gasteiger partial charge in [0.1, 0.15) is 5.69 Å². The van der Waals surface area contributed by atoms with Gasteiger partial charge in [-0.25, -0.2) is 4.79 Å². The lowest BCUT2D eigenvalue weighted by atomic mass is 10.1. The largest absolute Gasteiger partial charge is 0.477 e. The van der Waals surface area contributed by atoms with E-state index in [1.165, 1.54) is 5.56 Å². The van der Waals surface area contributed by atoms with Gasteiger partial charge in [-0.1, -0.05) is 6.07 Å². The fourth-order valence-electron chi connectivity index (χ4n) is 1.76. The van der Waals surface area contributed by atoms with Crippen LogP contribution in [0.3, 0.4) is 0 Å². The molecule has 4 heteroatoms. The fourth-order valence-corrected chi connectivity index (χ4v) is 1.76. The molecule has 0 fully saturated rings. The number of hydrogen-bond acceptors (Lipinski definition) is 2. The molecule has 2 N–H and O–H groups in total. The summed E-state index contributed by atoms with van der Waals surface area (Å²) >= 11 is 0. The van der Waals surface area contributed by atoms with Crippen LogP contribution in [0.1, 0.15) is 16.1 Å². The number of aromatic nitrogens is 1. The first-order valence-corrected chi connectivity index (χ1v) is 5.06. The summed E-state index contributed by atoms with van der Waals surface area (Å²) in [5.41, 5.74) is 2.27. The Labute approximate surface area is 93.5 Å². The molecule has 16 heavy (non-hydrogen) atoms. The van der Waals surface area contributed by atoms with Gasteiger partial charge >= 0.3 is 5.97 Å². The molecule has 0 aliphatic rings. The van der Waals surface area contributed by atoms with Crippen LogP contribution in [-0.2, 0) is 6.54 Å². The molecule has 2 rings (SSSR count). The Morgan fingerprint density at radius 2 is 2.12 bits per heavy atom. The van der Waals surface area contributed by atoms with Crippen molar-refractivity contribution >= 4 is 16.9 Å². The Morgan fingerprint density at radius 1 is 1.38 bits per heavy atom. The van der Waals surface area contributed by atoms with Crippen molar-refractivity contribution in [3.05, 3.63) is 35.5 Å². The van der Waals surface area contributed by atoms with E-state index < -0.39 is 5.97 Å². The van der Waals surface area contributed by atoms with Crippen molar-refractivity contribution in [3.63, 3.8) is 0 Å². The van der Waals surface area contributed by atoms with Crippen LogP contribution in [0.25, 0.3) is 10.9 Å². The van der Waals surface area contributed by atoms with Gasteiger partial charge in [0, 0.05) is 17.4 Å². The minimum Gasteiger partial charge on any atom is -0.477 e. The molecule has 0 atom stereocenters. The van der Waals surface area contributed by atoms with Gasteiger partial charge in [0.25, 0.3) is 0 Å². The molecule has 4 nitrogen and oxygen atoms in total. The highest BCUT2D eigenvalue weighted by atomic mass is 16.4. The molecule has 0 bridgehead atoms. The summed E-state index contributed by atoms with van der Waals surface area (Å²) in [6, 6.07) is 7.60. The number of nitrogens with one attached hydrogen (secondary N) is 1. The second kappa shape index (κ2) is 3.98. The molecule has 0 radical (unpaired) electrons. The molecular weight excluding hydrogens is 204 g/mol. The number of hydrogen-bond donors (Lipinski definition) is 2. The smallest absolute Gasteiger partial charge is 0.352 e. The average molecular weight is 218 g/mol. The summed E-state index contributed by atoms with van der Waals surface area (Å²) in [5.74, 6) is -0.926. The molecule has 1 aromatic carbocycles. The lowest BCUT2D eigenvalue weighted by Crippen LogP contribution is -2.10. The van der Waals surface area contributed by atoms with Gasteiger partial charge in [0.05, 0.1) is 0 Å². The van der Waals surface area contributed by atoms with Gasteiger partial charge in [-0.3, -0.25) is 0 Å². The maximum Gasteiger partial charge on any atom is 0.352 e. The zero-order valence-corrected chi connectivity index (χ0v) is 9.32. The SMILES string of the molecule is CN(C)Cc1ccc2[nH]c(C(=O)O)cc2c1. The van der Waals surface area contributed by atoms with Crippen molar-refractivity contribution in [2.75, 3.05) is 14.1 Å². The molecule has 0 amide bonds. The first-order chi connectivity index (χ1) is 7.56. The Bertz CT molecular complexity index is 529. The van der Waals surface area contributed by atoms with Crippen molar-refractivity contribution in [2.24, 2.45) is 0 Å². The molecule has 0 aliphatic carbocycles. The summed E-state index contributed by atoms with van der Waals surface area (Å²) in [5, 5.41) is 9.80. The molecule has 0 aliphatic heterocycles. The third-order valence-corrected chi connectivity index (χ3v) is 2.41. The van der Waals surface area contributed by atoms with Gasteiger partial charge < -0.3 is 15.0 Å². The molecule has 84 valence electrons. The highest BCUT2D eigenvalue weighted by Gasteiger charge is 2.07. The lowest BCUT2D eigenvalue weighted by molar-refractivity contribution is 0.0691. The first-order valence-electron chi connectivity index (χ1n) is 5.06. The Kier molecular flexibility index (Phi) is 2.66. The highest BCUT2D eigenvalue weighted by molar-refractivity contribution is 5.93. The van der Waals surface area contributed by atoms with Crippen LogP contribution >= 0.6 is 0 Å². The third kappa shape index (κ3) is 2.06. The van der Waals surface area contributed by atoms with Gasteiger partial charge in [-0.15, -0.1) is 0 Å². The second-order valence-electron chi connectivity index (χ2n) is 4.15. The Hall–Kier alpha value is -1.81. The van der Waals surface area contributed by atoms with Gasteiger partial charge in [0.2, 0.25) is 0 Å². The number of nitrogens with zero attached hydrogens (tertiary/aromatic N) is 1. The molecular formula is C12H14N2O2. The van der Waals surface area contributed by atoms with Gasteiger partial charge in [0.15, 0.2) is 0 Å².